The maximum absolute atomic E-state index is 13.1. The van der Waals surface area contributed by atoms with E-state index in [0.717, 1.165) is 27.3 Å². The minimum absolute atomic E-state index is 0.0699. The van der Waals surface area contributed by atoms with Crippen molar-refractivity contribution in [3.05, 3.63) is 82.3 Å². The summed E-state index contributed by atoms with van der Waals surface area (Å²) in [5, 5.41) is 8.00. The van der Waals surface area contributed by atoms with Gasteiger partial charge in [-0.25, -0.2) is 9.37 Å². The Bertz CT molecular complexity index is 1210. The van der Waals surface area contributed by atoms with Gasteiger partial charge in [-0.1, -0.05) is 36.4 Å². The van der Waals surface area contributed by atoms with E-state index in [1.54, 1.807) is 18.2 Å². The number of rotatable bonds is 6. The largest absolute Gasteiger partial charge is 0.352 e. The summed E-state index contributed by atoms with van der Waals surface area (Å²) < 4.78 is 13.1. The molecule has 0 saturated carbocycles. The number of thiazole rings is 1. The highest BCUT2D eigenvalue weighted by Gasteiger charge is 2.13. The van der Waals surface area contributed by atoms with Gasteiger partial charge in [-0.3, -0.25) is 14.9 Å². The Morgan fingerprint density at radius 3 is 2.39 bits per heavy atom. The Morgan fingerprint density at radius 1 is 0.968 bits per heavy atom. The van der Waals surface area contributed by atoms with Crippen LogP contribution in [0.3, 0.4) is 0 Å². The van der Waals surface area contributed by atoms with Crippen molar-refractivity contribution in [1.29, 1.82) is 0 Å². The van der Waals surface area contributed by atoms with E-state index in [9.17, 15) is 14.0 Å². The highest BCUT2D eigenvalue weighted by atomic mass is 32.1. The van der Waals surface area contributed by atoms with Gasteiger partial charge >= 0.3 is 0 Å². The lowest BCUT2D eigenvalue weighted by Crippen LogP contribution is -2.18. The molecule has 31 heavy (non-hydrogen) atoms. The van der Waals surface area contributed by atoms with Crippen LogP contribution in [0.15, 0.2) is 66.0 Å². The summed E-state index contributed by atoms with van der Waals surface area (Å²) >= 11 is 2.70. The van der Waals surface area contributed by atoms with Crippen molar-refractivity contribution >= 4 is 39.6 Å². The minimum Gasteiger partial charge on any atom is -0.352 e. The van der Waals surface area contributed by atoms with Crippen molar-refractivity contribution in [2.24, 2.45) is 0 Å². The van der Waals surface area contributed by atoms with Gasteiger partial charge in [0.1, 0.15) is 5.82 Å². The second kappa shape index (κ2) is 9.20. The van der Waals surface area contributed by atoms with Gasteiger partial charge in [0.05, 0.1) is 10.6 Å². The number of thiophene rings is 1. The van der Waals surface area contributed by atoms with Crippen molar-refractivity contribution < 1.29 is 14.0 Å². The molecule has 2 amide bonds. The van der Waals surface area contributed by atoms with Crippen molar-refractivity contribution in [2.45, 2.75) is 13.5 Å². The highest BCUT2D eigenvalue weighted by molar-refractivity contribution is 7.17. The number of benzene rings is 2. The van der Waals surface area contributed by atoms with Gasteiger partial charge in [0.2, 0.25) is 5.91 Å². The van der Waals surface area contributed by atoms with E-state index in [1.807, 2.05) is 35.7 Å². The molecule has 2 N–H and O–H groups in total. The van der Waals surface area contributed by atoms with Gasteiger partial charge in [-0.15, -0.1) is 22.7 Å². The zero-order valence-corrected chi connectivity index (χ0v) is 18.1. The van der Waals surface area contributed by atoms with Gasteiger partial charge in [0.15, 0.2) is 5.13 Å². The molecular formula is C23H18FN3O2S2. The van der Waals surface area contributed by atoms with Gasteiger partial charge in [-0.2, -0.15) is 0 Å². The molecule has 2 aromatic carbocycles. The lowest BCUT2D eigenvalue weighted by atomic mass is 10.1. The molecule has 0 aliphatic carbocycles. The molecule has 5 nitrogen and oxygen atoms in total. The first-order valence-electron chi connectivity index (χ1n) is 9.44. The van der Waals surface area contributed by atoms with Crippen LogP contribution < -0.4 is 10.6 Å². The molecular weight excluding hydrogens is 433 g/mol. The van der Waals surface area contributed by atoms with Gasteiger partial charge in [0, 0.05) is 29.3 Å². The van der Waals surface area contributed by atoms with Crippen LogP contribution in [0.1, 0.15) is 22.2 Å². The molecule has 156 valence electrons. The van der Waals surface area contributed by atoms with Crippen LogP contribution in [0.2, 0.25) is 0 Å². The number of aromatic nitrogens is 1. The summed E-state index contributed by atoms with van der Waals surface area (Å²) in [4.78, 5) is 29.6. The van der Waals surface area contributed by atoms with E-state index in [0.29, 0.717) is 16.6 Å². The van der Waals surface area contributed by atoms with Crippen molar-refractivity contribution in [2.75, 3.05) is 5.32 Å². The fourth-order valence-electron chi connectivity index (χ4n) is 2.87. The van der Waals surface area contributed by atoms with Crippen molar-refractivity contribution in [1.82, 2.24) is 10.3 Å². The molecule has 0 atom stereocenters. The number of anilines is 1. The average molecular weight is 452 g/mol. The lowest BCUT2D eigenvalue weighted by molar-refractivity contribution is -0.119. The van der Waals surface area contributed by atoms with E-state index in [-0.39, 0.29) is 17.6 Å². The molecule has 0 bridgehead atoms. The van der Waals surface area contributed by atoms with Crippen LogP contribution in [0.5, 0.6) is 0 Å². The van der Waals surface area contributed by atoms with E-state index < -0.39 is 0 Å². The summed E-state index contributed by atoms with van der Waals surface area (Å²) in [6.07, 6.45) is 0. The van der Waals surface area contributed by atoms with Crippen LogP contribution in [0.4, 0.5) is 9.52 Å². The van der Waals surface area contributed by atoms with E-state index >= 15 is 0 Å². The maximum Gasteiger partial charge on any atom is 0.267 e. The zero-order valence-electron chi connectivity index (χ0n) is 16.5. The quantitative estimate of drug-likeness (QED) is 0.403. The van der Waals surface area contributed by atoms with Crippen LogP contribution in [-0.4, -0.2) is 16.8 Å². The van der Waals surface area contributed by atoms with Gasteiger partial charge in [-0.05, 0) is 35.4 Å². The Kier molecular flexibility index (Phi) is 6.20. The molecule has 0 saturated heterocycles. The Hall–Kier alpha value is -3.36. The molecule has 0 spiro atoms. The molecule has 0 radical (unpaired) electrons. The number of halogens is 1. The van der Waals surface area contributed by atoms with Gasteiger partial charge < -0.3 is 5.32 Å². The van der Waals surface area contributed by atoms with E-state index in [2.05, 4.69) is 15.6 Å². The topological polar surface area (TPSA) is 71.1 Å². The monoisotopic (exact) mass is 451 g/mol. The third-order valence-electron chi connectivity index (χ3n) is 4.47. The molecule has 8 heteroatoms. The van der Waals surface area contributed by atoms with Crippen molar-refractivity contribution in [3.8, 4) is 21.7 Å². The molecule has 0 unspecified atom stereocenters. The first-order chi connectivity index (χ1) is 15.0. The predicted molar refractivity (Wildman–Crippen MR) is 123 cm³/mol. The molecule has 4 rings (SSSR count). The Balaban J connectivity index is 1.41. The minimum atomic E-state index is -0.291. The fraction of sp³-hybridized carbons (Fsp3) is 0.0870. The number of amides is 2. The molecule has 4 aromatic rings. The van der Waals surface area contributed by atoms with E-state index in [4.69, 9.17) is 0 Å². The van der Waals surface area contributed by atoms with Crippen molar-refractivity contribution in [3.63, 3.8) is 0 Å². The SMILES string of the molecule is CC(=O)NCc1ccc(-c2csc(NC(=O)c3ccc(-c4ccc(F)cc4)s3)n2)cc1. The van der Waals surface area contributed by atoms with Gasteiger partial charge in [0.25, 0.3) is 5.91 Å². The number of hydrogen-bond acceptors (Lipinski definition) is 5. The zero-order chi connectivity index (χ0) is 21.8. The van der Waals surface area contributed by atoms with E-state index in [1.165, 1.54) is 41.7 Å². The first-order valence-corrected chi connectivity index (χ1v) is 11.1. The highest BCUT2D eigenvalue weighted by Crippen LogP contribution is 2.30. The summed E-state index contributed by atoms with van der Waals surface area (Å²) in [5.41, 5.74) is 3.56. The Labute approximate surface area is 186 Å². The number of nitrogens with zero attached hydrogens (tertiary/aromatic N) is 1. The fourth-order valence-corrected chi connectivity index (χ4v) is 4.49. The summed E-state index contributed by atoms with van der Waals surface area (Å²) in [6.45, 7) is 1.97. The first kappa shape index (κ1) is 20.9. The maximum atomic E-state index is 13.1. The number of nitrogens with one attached hydrogen (secondary N) is 2. The normalized spacial score (nSPS) is 10.6. The van der Waals surface area contributed by atoms with Crippen LogP contribution in [0.25, 0.3) is 21.7 Å². The molecule has 0 aliphatic rings. The van der Waals surface area contributed by atoms with Crippen LogP contribution in [0, 0.1) is 5.82 Å². The molecule has 0 aliphatic heterocycles. The molecule has 2 heterocycles. The standard InChI is InChI=1S/C23H18FN3O2S2/c1-14(28)25-12-15-2-4-16(5-3-15)19-13-30-23(26-19)27-22(29)21-11-10-20(31-21)17-6-8-18(24)9-7-17/h2-11,13H,12H2,1H3,(H,25,28)(H,26,27,29). The second-order valence-corrected chi connectivity index (χ2v) is 8.71. The number of carbonyl (C=O) groups excluding carboxylic acids is 2. The lowest BCUT2D eigenvalue weighted by Gasteiger charge is -2.03. The number of carbonyl (C=O) groups is 2. The summed E-state index contributed by atoms with van der Waals surface area (Å²) in [6, 6.07) is 17.5. The Morgan fingerprint density at radius 2 is 1.68 bits per heavy atom. The smallest absolute Gasteiger partial charge is 0.267 e. The number of hydrogen-bond donors (Lipinski definition) is 2. The summed E-state index contributed by atoms with van der Waals surface area (Å²) in [5.74, 6) is -0.593. The van der Waals surface area contributed by atoms with Crippen LogP contribution in [-0.2, 0) is 11.3 Å². The summed E-state index contributed by atoms with van der Waals surface area (Å²) in [7, 11) is 0. The molecule has 0 fully saturated rings. The average Bonchev–Trinajstić information content (AvgIpc) is 3.43. The molecule has 2 aromatic heterocycles. The second-order valence-electron chi connectivity index (χ2n) is 6.77. The predicted octanol–water partition coefficient (Wildman–Crippen LogP) is 5.57. The third-order valence-corrected chi connectivity index (χ3v) is 6.37. The third kappa shape index (κ3) is 5.22. The van der Waals surface area contributed by atoms with Crippen LogP contribution >= 0.6 is 22.7 Å².